The van der Waals surface area contributed by atoms with Crippen molar-refractivity contribution in [3.05, 3.63) is 116 Å². The van der Waals surface area contributed by atoms with Gasteiger partial charge < -0.3 is 48.9 Å². The van der Waals surface area contributed by atoms with Gasteiger partial charge >= 0.3 is 0 Å². The Morgan fingerprint density at radius 1 is 0.625 bits per heavy atom. The van der Waals surface area contributed by atoms with E-state index in [2.05, 4.69) is 20.6 Å². The largest absolute Gasteiger partial charge is 0.396 e. The number of amides is 4. The van der Waals surface area contributed by atoms with Crippen molar-refractivity contribution in [3.63, 3.8) is 0 Å². The summed E-state index contributed by atoms with van der Waals surface area (Å²) in [4.78, 5) is 93.7. The fraction of sp³-hybridized carbons (Fsp3) is 0.556. The predicted octanol–water partition coefficient (Wildman–Crippen LogP) is 3.31. The Morgan fingerprint density at radius 2 is 1.01 bits per heavy atom. The average molecular weight is 987 g/mol. The number of allylic oxidation sites excluding steroid dienone is 2. The second-order valence-electron chi connectivity index (χ2n) is 20.6. The molecular formula is C54H70N10O8. The quantitative estimate of drug-likeness (QED) is 0.145. The summed E-state index contributed by atoms with van der Waals surface area (Å²) in [7, 11) is 3.80. The standard InChI is InChI=1S/2C27H35N5O4/c2*1-3-6-17-9-10-21-24-23(25(34)28-12-11-19-13-30(2)16-29-19)20(15-33)22(14-31(21)26(17)35)32(24)27(36)18-7-4-5-8-18/h2*3,6,9-10,13,16,18,20,22-24,33H,4-5,7-8,11-12,14-15H2,1-2H3,(H,28,34)/b6-3+;6-3-/t2*20-,22-,23+,24+/m00/s1. The van der Waals surface area contributed by atoms with Gasteiger partial charge in [0.15, 0.2) is 0 Å². The van der Waals surface area contributed by atoms with Crippen LogP contribution in [0.2, 0.25) is 0 Å². The predicted molar refractivity (Wildman–Crippen MR) is 269 cm³/mol. The number of hydrogen-bond donors (Lipinski definition) is 4. The van der Waals surface area contributed by atoms with E-state index >= 15 is 0 Å². The molecule has 72 heavy (non-hydrogen) atoms. The minimum atomic E-state index is -0.630. The van der Waals surface area contributed by atoms with Gasteiger partial charge in [0.05, 0.1) is 60.0 Å². The summed E-state index contributed by atoms with van der Waals surface area (Å²) in [5.74, 6) is -2.53. The summed E-state index contributed by atoms with van der Waals surface area (Å²) in [6, 6.07) is 5.36. The number of fused-ring (bicyclic) bond motifs is 8. The molecule has 4 aromatic rings. The van der Waals surface area contributed by atoms with E-state index in [-0.39, 0.29) is 72.9 Å². The zero-order valence-corrected chi connectivity index (χ0v) is 41.9. The second-order valence-corrected chi connectivity index (χ2v) is 20.6. The summed E-state index contributed by atoms with van der Waals surface area (Å²) in [5.41, 5.74) is 4.03. The van der Waals surface area contributed by atoms with E-state index in [1.54, 1.807) is 46.1 Å². The number of rotatable bonds is 14. The molecule has 8 atom stereocenters. The Labute approximate surface area is 419 Å². The number of aliphatic hydroxyl groups excluding tert-OH is 2. The molecule has 4 amide bonds. The minimum absolute atomic E-state index is 0.0547. The first-order chi connectivity index (χ1) is 34.9. The lowest BCUT2D eigenvalue weighted by Crippen LogP contribution is -2.50. The van der Waals surface area contributed by atoms with Crippen molar-refractivity contribution < 1.29 is 29.4 Å². The molecule has 8 heterocycles. The van der Waals surface area contributed by atoms with E-state index in [1.807, 2.05) is 83.6 Å². The third-order valence-corrected chi connectivity index (χ3v) is 16.2. The third kappa shape index (κ3) is 9.54. The van der Waals surface area contributed by atoms with Crippen molar-refractivity contribution in [2.75, 3.05) is 26.3 Å². The van der Waals surface area contributed by atoms with Gasteiger partial charge in [-0.3, -0.25) is 28.8 Å². The summed E-state index contributed by atoms with van der Waals surface area (Å²) in [6.07, 6.45) is 23.2. The zero-order valence-electron chi connectivity index (χ0n) is 41.9. The van der Waals surface area contributed by atoms with Crippen LogP contribution in [0.3, 0.4) is 0 Å². The van der Waals surface area contributed by atoms with Crippen molar-refractivity contribution in [1.29, 1.82) is 0 Å². The molecule has 0 unspecified atom stereocenters. The van der Waals surface area contributed by atoms with E-state index < -0.39 is 47.8 Å². The molecule has 2 saturated heterocycles. The Kier molecular flexibility index (Phi) is 15.3. The summed E-state index contributed by atoms with van der Waals surface area (Å²) in [6.45, 7) is 4.67. The first kappa shape index (κ1) is 50.5. The van der Waals surface area contributed by atoms with E-state index in [1.165, 1.54) is 0 Å². The molecule has 0 spiro atoms. The van der Waals surface area contributed by atoms with Crippen molar-refractivity contribution in [2.24, 2.45) is 49.6 Å². The summed E-state index contributed by atoms with van der Waals surface area (Å²) < 4.78 is 7.16. The molecule has 18 heteroatoms. The number of hydrogen-bond acceptors (Lipinski definition) is 10. The highest BCUT2D eigenvalue weighted by atomic mass is 16.3. The van der Waals surface area contributed by atoms with Crippen LogP contribution in [0.1, 0.15) is 111 Å². The van der Waals surface area contributed by atoms with Gasteiger partial charge in [-0.05, 0) is 63.8 Å². The smallest absolute Gasteiger partial charge is 0.258 e. The van der Waals surface area contributed by atoms with Crippen LogP contribution in [0.5, 0.6) is 0 Å². The van der Waals surface area contributed by atoms with E-state index in [0.29, 0.717) is 48.4 Å². The molecule has 10 rings (SSSR count). The molecule has 2 aliphatic carbocycles. The fourth-order valence-electron chi connectivity index (χ4n) is 12.9. The van der Waals surface area contributed by atoms with Gasteiger partial charge in [-0.25, -0.2) is 9.97 Å². The van der Waals surface area contributed by atoms with Crippen molar-refractivity contribution >= 4 is 35.8 Å². The van der Waals surface area contributed by atoms with Crippen LogP contribution in [0.4, 0.5) is 0 Å². The first-order valence-corrected chi connectivity index (χ1v) is 26.0. The lowest BCUT2D eigenvalue weighted by atomic mass is 9.86. The topological polar surface area (TPSA) is 219 Å². The number of aryl methyl sites for hydroxylation is 2. The molecule has 0 aromatic carbocycles. The maximum atomic E-state index is 13.8. The Morgan fingerprint density at radius 3 is 1.35 bits per heavy atom. The van der Waals surface area contributed by atoms with Gasteiger partial charge in [-0.2, -0.15) is 0 Å². The van der Waals surface area contributed by atoms with Crippen LogP contribution < -0.4 is 21.8 Å². The summed E-state index contributed by atoms with van der Waals surface area (Å²) in [5, 5.41) is 27.0. The van der Waals surface area contributed by atoms with Gasteiger partial charge in [0.1, 0.15) is 0 Å². The maximum absolute atomic E-state index is 13.8. The molecule has 4 aromatic heterocycles. The number of carbonyl (C=O) groups excluding carboxylic acids is 4. The lowest BCUT2D eigenvalue weighted by Gasteiger charge is -2.39. The van der Waals surface area contributed by atoms with Crippen LogP contribution in [0.25, 0.3) is 12.2 Å². The number of carbonyl (C=O) groups is 4. The number of aliphatic hydroxyl groups is 2. The molecule has 4 aliphatic heterocycles. The second kappa shape index (κ2) is 21.8. The normalized spacial score (nSPS) is 25.5. The highest BCUT2D eigenvalue weighted by molar-refractivity contribution is 5.86. The van der Waals surface area contributed by atoms with Crippen molar-refractivity contribution in [1.82, 2.24) is 48.7 Å². The molecule has 4 N–H and O–H groups in total. The number of nitrogens with one attached hydrogen (secondary N) is 2. The lowest BCUT2D eigenvalue weighted by molar-refractivity contribution is -0.142. The van der Waals surface area contributed by atoms with Gasteiger partial charge in [0.2, 0.25) is 23.6 Å². The number of imidazole rings is 2. The van der Waals surface area contributed by atoms with Gasteiger partial charge in [-0.1, -0.05) is 50.0 Å². The van der Waals surface area contributed by atoms with Crippen LogP contribution in [0.15, 0.2) is 71.1 Å². The van der Waals surface area contributed by atoms with Crippen LogP contribution in [-0.4, -0.2) is 110 Å². The minimum Gasteiger partial charge on any atom is -0.396 e. The molecule has 384 valence electrons. The molecule has 2 saturated carbocycles. The van der Waals surface area contributed by atoms with Crippen LogP contribution in [-0.2, 0) is 59.2 Å². The third-order valence-electron chi connectivity index (χ3n) is 16.2. The molecule has 18 nitrogen and oxygen atoms in total. The van der Waals surface area contributed by atoms with Crippen molar-refractivity contribution in [2.45, 2.75) is 115 Å². The highest BCUT2D eigenvalue weighted by Crippen LogP contribution is 2.51. The van der Waals surface area contributed by atoms with E-state index in [9.17, 15) is 39.0 Å². The fourth-order valence-corrected chi connectivity index (χ4v) is 12.9. The highest BCUT2D eigenvalue weighted by Gasteiger charge is 2.59. The van der Waals surface area contributed by atoms with E-state index in [4.69, 9.17) is 0 Å². The molecule has 4 bridgehead atoms. The van der Waals surface area contributed by atoms with Gasteiger partial charge in [-0.15, -0.1) is 0 Å². The number of aromatic nitrogens is 6. The molecule has 4 fully saturated rings. The Bertz CT molecular complexity index is 2640. The van der Waals surface area contributed by atoms with Gasteiger partial charge in [0, 0.05) is 125 Å². The van der Waals surface area contributed by atoms with Crippen LogP contribution in [0, 0.1) is 35.5 Å². The molecule has 0 radical (unpaired) electrons. The number of nitrogens with zero attached hydrogens (tertiary/aromatic N) is 8. The SMILES string of the molecule is C/C=C/c1ccc2n(c1=O)C[C@H]1[C@H](CO)[C@@H](C(=O)NCCc3cn(C)cn3)[C@@H]2N1C(=O)C1CCCC1.C/C=C\c1ccc2n(c1=O)C[C@H]1[C@H](CO)[C@@H](C(=O)NCCc3cn(C)cn3)[C@@H]2N1C(=O)C1CCCC1. The molecular weight excluding hydrogens is 917 g/mol. The Balaban J connectivity index is 0.000000178. The first-order valence-electron chi connectivity index (χ1n) is 26.0. The van der Waals surface area contributed by atoms with Crippen molar-refractivity contribution in [3.8, 4) is 0 Å². The maximum Gasteiger partial charge on any atom is 0.258 e. The monoisotopic (exact) mass is 987 g/mol. The van der Waals surface area contributed by atoms with E-state index in [0.717, 1.165) is 62.8 Å². The van der Waals surface area contributed by atoms with Gasteiger partial charge in [0.25, 0.3) is 11.1 Å². The van der Waals surface area contributed by atoms with Crippen LogP contribution >= 0.6 is 0 Å². The zero-order chi connectivity index (χ0) is 50.8. The average Bonchev–Trinajstić information content (AvgIpc) is 4.26. The molecule has 6 aliphatic rings. The summed E-state index contributed by atoms with van der Waals surface area (Å²) >= 11 is 0. The Hall–Kier alpha value is -6.40. The number of pyridine rings is 2.